The molecule has 0 aromatic heterocycles. The quantitative estimate of drug-likeness (QED) is 0.676. The molecule has 0 bridgehead atoms. The maximum Gasteiger partial charge on any atom is 0.123 e. The van der Waals surface area contributed by atoms with Gasteiger partial charge in [0.05, 0.1) is 25.4 Å². The molecule has 1 aliphatic rings. The highest BCUT2D eigenvalue weighted by atomic mass is 35.5. The van der Waals surface area contributed by atoms with Crippen molar-refractivity contribution < 1.29 is 19.3 Å². The van der Waals surface area contributed by atoms with Crippen LogP contribution in [0.4, 0.5) is 4.39 Å². The summed E-state index contributed by atoms with van der Waals surface area (Å²) in [6, 6.07) is 14.3. The number of β-amino-alcohol motifs (C(OH)–C–C–N with tert-alkyl or cyclic N) is 1. The number of aliphatic hydroxyl groups is 2. The largest absolute Gasteiger partial charge is 0.389 e. The van der Waals surface area contributed by atoms with Crippen molar-refractivity contribution in [2.24, 2.45) is 5.92 Å². The van der Waals surface area contributed by atoms with Crippen molar-refractivity contribution >= 4 is 12.4 Å². The predicted molar refractivity (Wildman–Crippen MR) is 115 cm³/mol. The monoisotopic (exact) mass is 423 g/mol. The minimum Gasteiger partial charge on any atom is -0.389 e. The van der Waals surface area contributed by atoms with Crippen LogP contribution in [-0.2, 0) is 11.3 Å². The molecule has 1 aliphatic heterocycles. The summed E-state index contributed by atoms with van der Waals surface area (Å²) in [5.74, 6) is -0.124. The van der Waals surface area contributed by atoms with Gasteiger partial charge in [-0.3, -0.25) is 0 Å². The van der Waals surface area contributed by atoms with Gasteiger partial charge in [0.15, 0.2) is 0 Å². The molecule has 0 aliphatic carbocycles. The van der Waals surface area contributed by atoms with Gasteiger partial charge in [-0.15, -0.1) is 12.4 Å². The van der Waals surface area contributed by atoms with Gasteiger partial charge in [-0.25, -0.2) is 4.39 Å². The lowest BCUT2D eigenvalue weighted by molar-refractivity contribution is -0.00350. The van der Waals surface area contributed by atoms with Crippen molar-refractivity contribution in [1.82, 2.24) is 4.90 Å². The molecule has 3 rings (SSSR count). The van der Waals surface area contributed by atoms with Crippen LogP contribution in [0.25, 0.3) is 0 Å². The smallest absolute Gasteiger partial charge is 0.123 e. The fraction of sp³-hybridized carbons (Fsp3) is 0.478. The lowest BCUT2D eigenvalue weighted by atomic mass is 9.87. The van der Waals surface area contributed by atoms with Crippen molar-refractivity contribution in [2.75, 3.05) is 26.2 Å². The van der Waals surface area contributed by atoms with Gasteiger partial charge in [0, 0.05) is 6.54 Å². The van der Waals surface area contributed by atoms with Gasteiger partial charge in [-0.1, -0.05) is 42.0 Å². The molecule has 2 unspecified atom stereocenters. The van der Waals surface area contributed by atoms with Crippen molar-refractivity contribution in [1.29, 1.82) is 0 Å². The Morgan fingerprint density at radius 3 is 2.28 bits per heavy atom. The van der Waals surface area contributed by atoms with Gasteiger partial charge >= 0.3 is 0 Å². The summed E-state index contributed by atoms with van der Waals surface area (Å²) >= 11 is 0. The van der Waals surface area contributed by atoms with Crippen LogP contribution in [-0.4, -0.2) is 47.5 Å². The number of halogens is 2. The van der Waals surface area contributed by atoms with Crippen molar-refractivity contribution in [3.63, 3.8) is 0 Å². The Hall–Kier alpha value is -1.50. The number of aliphatic hydroxyl groups excluding tert-OH is 2. The lowest BCUT2D eigenvalue weighted by Gasteiger charge is -2.35. The number of benzene rings is 2. The lowest BCUT2D eigenvalue weighted by Crippen LogP contribution is -2.41. The molecule has 0 saturated carbocycles. The number of ether oxygens (including phenoxy) is 1. The first kappa shape index (κ1) is 23.8. The SMILES string of the molecule is Cc1ccc(COCC(O)CN2CCC(C(O)c3ccc(F)cc3)CC2)cc1.Cl. The second-order valence-electron chi connectivity index (χ2n) is 7.79. The molecular weight excluding hydrogens is 393 g/mol. The molecule has 2 aromatic rings. The van der Waals surface area contributed by atoms with Gasteiger partial charge < -0.3 is 19.8 Å². The molecule has 0 radical (unpaired) electrons. The number of nitrogens with zero attached hydrogens (tertiary/aromatic N) is 1. The van der Waals surface area contributed by atoms with E-state index in [4.69, 9.17) is 4.74 Å². The van der Waals surface area contributed by atoms with E-state index in [1.807, 2.05) is 12.1 Å². The molecule has 2 atom stereocenters. The fourth-order valence-electron chi connectivity index (χ4n) is 3.73. The van der Waals surface area contributed by atoms with Crippen LogP contribution in [0.15, 0.2) is 48.5 Å². The average Bonchev–Trinajstić information content (AvgIpc) is 2.70. The Morgan fingerprint density at radius 1 is 1.03 bits per heavy atom. The van der Waals surface area contributed by atoms with Crippen LogP contribution in [0, 0.1) is 18.7 Å². The van der Waals surface area contributed by atoms with Crippen LogP contribution in [0.3, 0.4) is 0 Å². The highest BCUT2D eigenvalue weighted by Gasteiger charge is 2.27. The molecule has 2 aromatic carbocycles. The number of hydrogen-bond donors (Lipinski definition) is 2. The van der Waals surface area contributed by atoms with Crippen molar-refractivity contribution in [3.05, 3.63) is 71.0 Å². The highest BCUT2D eigenvalue weighted by molar-refractivity contribution is 5.85. The second-order valence-corrected chi connectivity index (χ2v) is 7.79. The normalized spacial score (nSPS) is 17.5. The number of likely N-dealkylation sites (tertiary alicyclic amines) is 1. The minimum atomic E-state index is -0.564. The Morgan fingerprint density at radius 2 is 1.66 bits per heavy atom. The number of aryl methyl sites for hydroxylation is 1. The van der Waals surface area contributed by atoms with Crippen molar-refractivity contribution in [2.45, 2.75) is 38.6 Å². The Labute approximate surface area is 178 Å². The Kier molecular flexibility index (Phi) is 9.53. The van der Waals surface area contributed by atoms with Crippen LogP contribution >= 0.6 is 12.4 Å². The highest BCUT2D eigenvalue weighted by Crippen LogP contribution is 2.30. The predicted octanol–water partition coefficient (Wildman–Crippen LogP) is 3.88. The van der Waals surface area contributed by atoms with E-state index in [9.17, 15) is 14.6 Å². The summed E-state index contributed by atoms with van der Waals surface area (Å²) in [6.45, 7) is 5.11. The first-order chi connectivity index (χ1) is 13.5. The molecule has 1 heterocycles. The second kappa shape index (κ2) is 11.6. The zero-order valence-electron chi connectivity index (χ0n) is 16.8. The van der Waals surface area contributed by atoms with E-state index in [1.165, 1.54) is 17.7 Å². The van der Waals surface area contributed by atoms with E-state index in [-0.39, 0.29) is 24.1 Å². The molecule has 160 valence electrons. The third-order valence-corrected chi connectivity index (χ3v) is 5.46. The summed E-state index contributed by atoms with van der Waals surface area (Å²) in [4.78, 5) is 2.22. The maximum atomic E-state index is 13.0. The third-order valence-electron chi connectivity index (χ3n) is 5.46. The minimum absolute atomic E-state index is 0. The first-order valence-electron chi connectivity index (χ1n) is 9.98. The zero-order chi connectivity index (χ0) is 19.9. The zero-order valence-corrected chi connectivity index (χ0v) is 17.7. The van der Waals surface area contributed by atoms with Gasteiger partial charge in [0.1, 0.15) is 5.82 Å². The molecular formula is C23H31ClFNO3. The molecule has 2 N–H and O–H groups in total. The summed E-state index contributed by atoms with van der Waals surface area (Å²) in [5, 5.41) is 20.8. The maximum absolute atomic E-state index is 13.0. The van der Waals surface area contributed by atoms with Gasteiger partial charge in [-0.05, 0) is 62.0 Å². The summed E-state index contributed by atoms with van der Waals surface area (Å²) < 4.78 is 18.7. The fourth-order valence-corrected chi connectivity index (χ4v) is 3.73. The van der Waals surface area contributed by atoms with E-state index >= 15 is 0 Å². The van der Waals surface area contributed by atoms with E-state index in [0.717, 1.165) is 37.1 Å². The van der Waals surface area contributed by atoms with Crippen LogP contribution in [0.5, 0.6) is 0 Å². The van der Waals surface area contributed by atoms with E-state index in [1.54, 1.807) is 12.1 Å². The Balaban J connectivity index is 0.00000300. The van der Waals surface area contributed by atoms with Crippen LogP contribution in [0.2, 0.25) is 0 Å². The standard InChI is InChI=1S/C23H30FNO3.ClH/c1-17-2-4-18(5-3-17)15-28-16-22(26)14-25-12-10-20(11-13-25)23(27)19-6-8-21(24)9-7-19;/h2-9,20,22-23,26-27H,10-16H2,1H3;1H. The summed E-state index contributed by atoms with van der Waals surface area (Å²) in [5.41, 5.74) is 3.09. The Bertz CT molecular complexity index is 718. The van der Waals surface area contributed by atoms with Crippen LogP contribution in [0.1, 0.15) is 35.6 Å². The number of hydrogen-bond acceptors (Lipinski definition) is 4. The summed E-state index contributed by atoms with van der Waals surface area (Å²) in [7, 11) is 0. The average molecular weight is 424 g/mol. The molecule has 4 nitrogen and oxygen atoms in total. The van der Waals surface area contributed by atoms with Gasteiger partial charge in [0.2, 0.25) is 0 Å². The molecule has 6 heteroatoms. The first-order valence-corrected chi connectivity index (χ1v) is 9.98. The van der Waals surface area contributed by atoms with E-state index in [2.05, 4.69) is 24.0 Å². The van der Waals surface area contributed by atoms with Crippen molar-refractivity contribution in [3.8, 4) is 0 Å². The number of rotatable bonds is 8. The molecule has 29 heavy (non-hydrogen) atoms. The topological polar surface area (TPSA) is 52.9 Å². The molecule has 1 fully saturated rings. The van der Waals surface area contributed by atoms with Gasteiger partial charge in [-0.2, -0.15) is 0 Å². The summed E-state index contributed by atoms with van der Waals surface area (Å²) in [6.07, 6.45) is 0.625. The molecule has 0 amide bonds. The van der Waals surface area contributed by atoms with Gasteiger partial charge in [0.25, 0.3) is 0 Å². The molecule has 1 saturated heterocycles. The third kappa shape index (κ3) is 7.36. The number of piperidine rings is 1. The molecule has 0 spiro atoms. The van der Waals surface area contributed by atoms with E-state index < -0.39 is 12.2 Å². The van der Waals surface area contributed by atoms with E-state index in [0.29, 0.717) is 19.8 Å². The van der Waals surface area contributed by atoms with Crippen LogP contribution < -0.4 is 0 Å².